The number of aromatic nitrogens is 3. The van der Waals surface area contributed by atoms with Gasteiger partial charge in [0.05, 0.1) is 16.3 Å². The second-order valence-electron chi connectivity index (χ2n) is 9.44. The highest BCUT2D eigenvalue weighted by Gasteiger charge is 2.29. The van der Waals surface area contributed by atoms with Gasteiger partial charge < -0.3 is 4.57 Å². The van der Waals surface area contributed by atoms with Crippen molar-refractivity contribution < 1.29 is 16.8 Å². The smallest absolute Gasteiger partial charge is 0.254 e. The highest BCUT2D eigenvalue weighted by Crippen LogP contribution is 2.31. The van der Waals surface area contributed by atoms with Crippen LogP contribution in [0.4, 0.5) is 0 Å². The predicted octanol–water partition coefficient (Wildman–Crippen LogP) is 5.76. The Hall–Kier alpha value is -3.38. The molecule has 0 saturated heterocycles. The van der Waals surface area contributed by atoms with Crippen molar-refractivity contribution in [2.75, 3.05) is 0 Å². The quantitative estimate of drug-likeness (QED) is 0.231. The molecular formula is C29H27BrN4O4S2. The molecule has 0 fully saturated rings. The van der Waals surface area contributed by atoms with E-state index < -0.39 is 20.0 Å². The zero-order valence-electron chi connectivity index (χ0n) is 22.1. The highest BCUT2D eigenvalue weighted by atomic mass is 79.9. The third kappa shape index (κ3) is 5.46. The number of fused-ring (bicyclic) bond motifs is 1. The number of nitrogens with zero attached hydrogens (tertiary/aromatic N) is 3. The van der Waals surface area contributed by atoms with E-state index in [4.69, 9.17) is 9.97 Å². The van der Waals surface area contributed by atoms with Gasteiger partial charge in [-0.1, -0.05) is 61.5 Å². The maximum Gasteiger partial charge on any atom is 0.254 e. The number of sulfonamides is 2. The maximum atomic E-state index is 13.8. The molecule has 0 spiro atoms. The number of pyridine rings is 1. The lowest BCUT2D eigenvalue weighted by atomic mass is 10.0. The number of halogens is 1. The van der Waals surface area contributed by atoms with Gasteiger partial charge in [-0.05, 0) is 70.7 Å². The Labute approximate surface area is 242 Å². The number of benzene rings is 3. The summed E-state index contributed by atoms with van der Waals surface area (Å²) in [4.78, 5) is 9.18. The molecule has 0 bridgehead atoms. The average Bonchev–Trinajstić information content (AvgIpc) is 3.26. The summed E-state index contributed by atoms with van der Waals surface area (Å²) in [6.07, 6.45) is 0.661. The Bertz CT molecular complexity index is 1960. The van der Waals surface area contributed by atoms with Crippen LogP contribution in [0.5, 0.6) is 0 Å². The molecule has 3 aromatic carbocycles. The third-order valence-corrected chi connectivity index (χ3v) is 11.1. The fourth-order valence-electron chi connectivity index (χ4n) is 4.71. The van der Waals surface area contributed by atoms with Crippen LogP contribution in [0.15, 0.2) is 93.1 Å². The minimum absolute atomic E-state index is 0.144. The molecule has 0 atom stereocenters. The molecule has 0 saturated carbocycles. The molecule has 0 unspecified atom stereocenters. The van der Waals surface area contributed by atoms with Gasteiger partial charge in [-0.15, -0.1) is 4.13 Å². The van der Waals surface area contributed by atoms with Gasteiger partial charge in [0.2, 0.25) is 0 Å². The van der Waals surface area contributed by atoms with E-state index in [1.54, 1.807) is 36.4 Å². The fourth-order valence-corrected chi connectivity index (χ4v) is 8.87. The average molecular weight is 640 g/mol. The lowest BCUT2D eigenvalue weighted by Crippen LogP contribution is -2.31. The fraction of sp³-hybridized carbons (Fsp3) is 0.172. The van der Waals surface area contributed by atoms with E-state index in [9.17, 15) is 16.8 Å². The first-order chi connectivity index (χ1) is 19.0. The van der Waals surface area contributed by atoms with E-state index in [1.807, 2.05) is 47.7 Å². The van der Waals surface area contributed by atoms with Crippen LogP contribution >= 0.6 is 15.9 Å². The monoisotopic (exact) mass is 638 g/mol. The molecule has 2 heterocycles. The molecule has 0 radical (unpaired) electrons. The summed E-state index contributed by atoms with van der Waals surface area (Å²) >= 11 is 3.21. The van der Waals surface area contributed by atoms with Crippen LogP contribution in [0, 0.1) is 13.8 Å². The summed E-state index contributed by atoms with van der Waals surface area (Å²) in [6, 6.07) is 22.1. The maximum absolute atomic E-state index is 13.8. The van der Waals surface area contributed by atoms with E-state index in [-0.39, 0.29) is 14.3 Å². The first-order valence-corrected chi connectivity index (χ1v) is 16.3. The van der Waals surface area contributed by atoms with Crippen molar-refractivity contribution in [3.05, 3.63) is 106 Å². The second-order valence-corrected chi connectivity index (χ2v) is 13.9. The van der Waals surface area contributed by atoms with Crippen molar-refractivity contribution in [3.63, 3.8) is 0 Å². The molecule has 8 nitrogen and oxygen atoms in total. The molecule has 0 aliphatic carbocycles. The van der Waals surface area contributed by atoms with Gasteiger partial charge in [-0.25, -0.2) is 26.8 Å². The highest BCUT2D eigenvalue weighted by molar-refractivity contribution is 9.10. The van der Waals surface area contributed by atoms with Crippen LogP contribution in [0.2, 0.25) is 0 Å². The Morgan fingerprint density at radius 1 is 0.825 bits per heavy atom. The molecule has 40 heavy (non-hydrogen) atoms. The molecule has 206 valence electrons. The number of rotatable bonds is 8. The first kappa shape index (κ1) is 28.2. The Morgan fingerprint density at radius 2 is 1.50 bits per heavy atom. The number of hydrogen-bond acceptors (Lipinski definition) is 6. The first-order valence-electron chi connectivity index (χ1n) is 12.5. The van der Waals surface area contributed by atoms with Crippen LogP contribution < -0.4 is 4.13 Å². The molecule has 5 rings (SSSR count). The predicted molar refractivity (Wildman–Crippen MR) is 159 cm³/mol. The summed E-state index contributed by atoms with van der Waals surface area (Å²) in [5.74, 6) is 0.822. The number of imidazole rings is 1. The van der Waals surface area contributed by atoms with Gasteiger partial charge in [0.15, 0.2) is 5.65 Å². The van der Waals surface area contributed by atoms with Gasteiger partial charge in [-0.3, -0.25) is 0 Å². The van der Waals surface area contributed by atoms with Crippen molar-refractivity contribution in [2.24, 2.45) is 0 Å². The van der Waals surface area contributed by atoms with Gasteiger partial charge in [0.25, 0.3) is 20.0 Å². The zero-order valence-corrected chi connectivity index (χ0v) is 25.3. The van der Waals surface area contributed by atoms with Crippen LogP contribution in [-0.2, 0) is 33.0 Å². The minimum atomic E-state index is -4.53. The van der Waals surface area contributed by atoms with E-state index >= 15 is 0 Å². The van der Waals surface area contributed by atoms with Crippen LogP contribution in [0.1, 0.15) is 29.6 Å². The van der Waals surface area contributed by atoms with E-state index in [0.29, 0.717) is 29.7 Å². The molecule has 0 amide bonds. The second kappa shape index (κ2) is 10.9. The van der Waals surface area contributed by atoms with Crippen molar-refractivity contribution in [3.8, 4) is 11.1 Å². The Kier molecular flexibility index (Phi) is 7.66. The summed E-state index contributed by atoms with van der Waals surface area (Å²) < 4.78 is 58.1. The van der Waals surface area contributed by atoms with Crippen LogP contribution in [0.3, 0.4) is 0 Å². The standard InChI is InChI=1S/C29H27BrN4O4S2/c1-4-27-32-28-19(2)16-20(3)31-29(28)34(27)18-21-14-15-23(22-10-6-5-7-11-22)26(17-21)40(37,38)33-39(35,36)25-13-9-8-12-24(25)30/h5-17,33H,4,18H2,1-3H3. The Morgan fingerprint density at radius 3 is 2.20 bits per heavy atom. The Balaban J connectivity index is 1.64. The van der Waals surface area contributed by atoms with Crippen molar-refractivity contribution >= 4 is 47.1 Å². The normalized spacial score (nSPS) is 12.2. The minimum Gasteiger partial charge on any atom is -0.308 e. The van der Waals surface area contributed by atoms with Gasteiger partial charge in [0.1, 0.15) is 11.3 Å². The largest absolute Gasteiger partial charge is 0.308 e. The SMILES string of the molecule is CCc1nc2c(C)cc(C)nc2n1Cc1ccc(-c2ccccc2)c(S(=O)(=O)NS(=O)(=O)c2ccccc2Br)c1. The summed E-state index contributed by atoms with van der Waals surface area (Å²) in [6.45, 7) is 6.23. The number of nitrogens with one attached hydrogen (secondary N) is 1. The molecular weight excluding hydrogens is 612 g/mol. The van der Waals surface area contributed by atoms with Crippen molar-refractivity contribution in [2.45, 2.75) is 43.5 Å². The summed E-state index contributed by atoms with van der Waals surface area (Å²) in [5.41, 5.74) is 5.09. The topological polar surface area (TPSA) is 111 Å². The van der Waals surface area contributed by atoms with Crippen molar-refractivity contribution in [1.82, 2.24) is 18.7 Å². The summed E-state index contributed by atoms with van der Waals surface area (Å²) in [5, 5.41) is 0. The van der Waals surface area contributed by atoms with Crippen molar-refractivity contribution in [1.29, 1.82) is 0 Å². The van der Waals surface area contributed by atoms with Crippen LogP contribution in [-0.4, -0.2) is 31.4 Å². The molecule has 5 aromatic rings. The summed E-state index contributed by atoms with van der Waals surface area (Å²) in [7, 11) is -8.95. The molecule has 11 heteroatoms. The van der Waals surface area contributed by atoms with Crippen LogP contribution in [0.25, 0.3) is 22.3 Å². The van der Waals surface area contributed by atoms with Gasteiger partial charge in [-0.2, -0.15) is 0 Å². The zero-order chi connectivity index (χ0) is 28.7. The molecule has 1 N–H and O–H groups in total. The molecule has 2 aromatic heterocycles. The van der Waals surface area contributed by atoms with Gasteiger partial charge >= 0.3 is 0 Å². The number of hydrogen-bond donors (Lipinski definition) is 1. The van der Waals surface area contributed by atoms with E-state index in [2.05, 4.69) is 15.9 Å². The van der Waals surface area contributed by atoms with E-state index in [0.717, 1.165) is 28.2 Å². The molecule has 0 aliphatic heterocycles. The van der Waals surface area contributed by atoms with E-state index in [1.165, 1.54) is 24.3 Å². The lowest BCUT2D eigenvalue weighted by molar-refractivity contribution is 0.576. The van der Waals surface area contributed by atoms with Gasteiger partial charge in [0, 0.05) is 22.2 Å². The molecule has 0 aliphatic rings. The third-order valence-electron chi connectivity index (χ3n) is 6.52. The lowest BCUT2D eigenvalue weighted by Gasteiger charge is -2.15. The number of aryl methyl sites for hydroxylation is 3.